The first-order valence-electron chi connectivity index (χ1n) is 10.3. The highest BCUT2D eigenvalue weighted by molar-refractivity contribution is 7.92. The van der Waals surface area contributed by atoms with E-state index in [9.17, 15) is 23.3 Å². The van der Waals surface area contributed by atoms with Crippen LogP contribution in [0.3, 0.4) is 0 Å². The number of carbonyl (C=O) groups excluding carboxylic acids is 1. The smallest absolute Gasteiger partial charge is 0.269 e. The van der Waals surface area contributed by atoms with Crippen LogP contribution in [0.2, 0.25) is 0 Å². The van der Waals surface area contributed by atoms with Crippen LogP contribution < -0.4 is 9.73 Å². The second-order valence-corrected chi connectivity index (χ2v) is 9.57. The predicted molar refractivity (Wildman–Crippen MR) is 130 cm³/mol. The zero-order valence-electron chi connectivity index (χ0n) is 18.9. The van der Waals surface area contributed by atoms with Crippen molar-refractivity contribution in [3.8, 4) is 0 Å². The van der Waals surface area contributed by atoms with E-state index in [0.29, 0.717) is 17.0 Å². The Balaban J connectivity index is 1.86. The summed E-state index contributed by atoms with van der Waals surface area (Å²) >= 11 is 0. The topological polar surface area (TPSA) is 122 Å². The lowest BCUT2D eigenvalue weighted by molar-refractivity contribution is -0.384. The number of anilines is 1. The van der Waals surface area contributed by atoms with Crippen LogP contribution in [0, 0.1) is 24.0 Å². The summed E-state index contributed by atoms with van der Waals surface area (Å²) in [5, 5.41) is 14.8. The number of nitro groups is 1. The van der Waals surface area contributed by atoms with Gasteiger partial charge in [0.15, 0.2) is 0 Å². The van der Waals surface area contributed by atoms with Gasteiger partial charge >= 0.3 is 0 Å². The molecule has 34 heavy (non-hydrogen) atoms. The van der Waals surface area contributed by atoms with E-state index >= 15 is 0 Å². The van der Waals surface area contributed by atoms with E-state index < -0.39 is 27.4 Å². The number of benzene rings is 3. The second-order valence-electron chi connectivity index (χ2n) is 7.71. The molecule has 0 radical (unpaired) electrons. The number of rotatable bonds is 8. The first kappa shape index (κ1) is 24.6. The molecular weight excluding hydrogens is 456 g/mol. The molecule has 0 fully saturated rings. The maximum Gasteiger partial charge on any atom is 0.269 e. The minimum Gasteiger partial charge on any atom is -0.271 e. The van der Waals surface area contributed by atoms with Crippen molar-refractivity contribution in [2.75, 3.05) is 10.8 Å². The van der Waals surface area contributed by atoms with Crippen LogP contribution >= 0.6 is 0 Å². The molecule has 0 aliphatic carbocycles. The predicted octanol–water partition coefficient (Wildman–Crippen LogP) is 3.95. The Morgan fingerprint density at radius 2 is 1.59 bits per heavy atom. The van der Waals surface area contributed by atoms with Crippen LogP contribution in [0.1, 0.15) is 23.6 Å². The molecule has 0 bridgehead atoms. The lowest BCUT2D eigenvalue weighted by Gasteiger charge is -2.24. The van der Waals surface area contributed by atoms with E-state index in [1.807, 2.05) is 19.9 Å². The van der Waals surface area contributed by atoms with Gasteiger partial charge in [0.25, 0.3) is 21.6 Å². The van der Waals surface area contributed by atoms with Crippen LogP contribution in [0.4, 0.5) is 11.4 Å². The Morgan fingerprint density at radius 3 is 2.15 bits per heavy atom. The summed E-state index contributed by atoms with van der Waals surface area (Å²) in [6.45, 7) is 4.84. The van der Waals surface area contributed by atoms with Gasteiger partial charge in [-0.15, -0.1) is 0 Å². The molecule has 3 aromatic rings. The third-order valence-corrected chi connectivity index (χ3v) is 6.75. The number of nitrogens with zero attached hydrogens (tertiary/aromatic N) is 3. The largest absolute Gasteiger partial charge is 0.271 e. The average Bonchev–Trinajstić information content (AvgIpc) is 2.80. The van der Waals surface area contributed by atoms with E-state index in [-0.39, 0.29) is 10.6 Å². The van der Waals surface area contributed by atoms with E-state index in [1.165, 1.54) is 36.4 Å². The normalized spacial score (nSPS) is 11.7. The Kier molecular flexibility index (Phi) is 7.42. The minimum absolute atomic E-state index is 0.0595. The summed E-state index contributed by atoms with van der Waals surface area (Å²) in [7, 11) is -4.03. The fourth-order valence-electron chi connectivity index (χ4n) is 3.33. The molecular formula is C24H24N4O5S. The number of carbonyl (C=O) groups is 1. The Bertz CT molecular complexity index is 1320. The third kappa shape index (κ3) is 5.84. The van der Waals surface area contributed by atoms with Crippen LogP contribution in [0.15, 0.2) is 82.8 Å². The van der Waals surface area contributed by atoms with E-state index in [2.05, 4.69) is 10.5 Å². The molecule has 0 atom stereocenters. The summed E-state index contributed by atoms with van der Waals surface area (Å²) in [6.07, 6.45) is 0. The summed E-state index contributed by atoms with van der Waals surface area (Å²) in [5.41, 5.74) is 5.39. The van der Waals surface area contributed by atoms with E-state index in [1.54, 1.807) is 37.3 Å². The highest BCUT2D eigenvalue weighted by Gasteiger charge is 2.27. The molecule has 1 amide bonds. The van der Waals surface area contributed by atoms with Crippen LogP contribution in [0.25, 0.3) is 0 Å². The zero-order chi connectivity index (χ0) is 24.9. The number of hydrogen-bond donors (Lipinski definition) is 1. The SMILES string of the molecule is C/C(=N/NC(=O)CN(c1cc(C)cc(C)c1)S(=O)(=O)c1ccccc1)c1ccc([N+](=O)[O-])cc1. The fourth-order valence-corrected chi connectivity index (χ4v) is 4.76. The number of aryl methyl sites for hydroxylation is 2. The molecule has 0 spiro atoms. The van der Waals surface area contributed by atoms with Gasteiger partial charge in [-0.2, -0.15) is 5.10 Å². The van der Waals surface area contributed by atoms with Gasteiger partial charge in [-0.3, -0.25) is 19.2 Å². The van der Waals surface area contributed by atoms with Crippen molar-refractivity contribution in [2.45, 2.75) is 25.7 Å². The molecule has 1 N–H and O–H groups in total. The quantitative estimate of drug-likeness (QED) is 0.297. The minimum atomic E-state index is -4.03. The van der Waals surface area contributed by atoms with Crippen molar-refractivity contribution in [3.05, 3.63) is 99.6 Å². The standard InChI is InChI=1S/C24H24N4O5S/c1-17-13-18(2)15-22(14-17)27(34(32,33)23-7-5-4-6-8-23)16-24(29)26-25-19(3)20-9-11-21(12-10-20)28(30)31/h4-15H,16H2,1-3H3,(H,26,29)/b25-19-. The van der Waals surface area contributed by atoms with Gasteiger partial charge in [0.05, 0.1) is 21.2 Å². The van der Waals surface area contributed by atoms with Gasteiger partial charge in [0.1, 0.15) is 6.54 Å². The molecule has 0 saturated carbocycles. The van der Waals surface area contributed by atoms with Gasteiger partial charge in [0, 0.05) is 12.1 Å². The van der Waals surface area contributed by atoms with Gasteiger partial charge in [-0.1, -0.05) is 24.3 Å². The highest BCUT2D eigenvalue weighted by atomic mass is 32.2. The Labute approximate surface area is 197 Å². The van der Waals surface area contributed by atoms with Crippen LogP contribution in [0.5, 0.6) is 0 Å². The summed E-state index contributed by atoms with van der Waals surface area (Å²) in [5.74, 6) is -0.639. The van der Waals surface area contributed by atoms with Crippen molar-refractivity contribution < 1.29 is 18.1 Å². The summed E-state index contributed by atoms with van der Waals surface area (Å²) in [4.78, 5) is 23.1. The number of sulfonamides is 1. The number of non-ortho nitro benzene ring substituents is 1. The second kappa shape index (κ2) is 10.3. The Hall–Kier alpha value is -4.05. The molecule has 176 valence electrons. The van der Waals surface area contributed by atoms with Crippen molar-refractivity contribution in [1.29, 1.82) is 0 Å². The molecule has 0 saturated heterocycles. The van der Waals surface area contributed by atoms with E-state index in [4.69, 9.17) is 0 Å². The molecule has 0 aromatic heterocycles. The molecule has 0 unspecified atom stereocenters. The molecule has 9 nitrogen and oxygen atoms in total. The number of hydrogen-bond acceptors (Lipinski definition) is 6. The fraction of sp³-hybridized carbons (Fsp3) is 0.167. The maximum absolute atomic E-state index is 13.4. The molecule has 0 heterocycles. The molecule has 3 aromatic carbocycles. The van der Waals surface area contributed by atoms with Gasteiger partial charge < -0.3 is 0 Å². The molecule has 0 aliphatic rings. The van der Waals surface area contributed by atoms with Gasteiger partial charge in [0.2, 0.25) is 0 Å². The monoisotopic (exact) mass is 480 g/mol. The average molecular weight is 481 g/mol. The van der Waals surface area contributed by atoms with Crippen molar-refractivity contribution >= 4 is 33.0 Å². The Morgan fingerprint density at radius 1 is 1.00 bits per heavy atom. The highest BCUT2D eigenvalue weighted by Crippen LogP contribution is 2.25. The third-order valence-electron chi connectivity index (χ3n) is 4.96. The number of nitrogens with one attached hydrogen (secondary N) is 1. The summed E-state index contributed by atoms with van der Waals surface area (Å²) in [6, 6.07) is 18.9. The number of nitro benzene ring substituents is 1. The van der Waals surface area contributed by atoms with Crippen molar-refractivity contribution in [2.24, 2.45) is 5.10 Å². The van der Waals surface area contributed by atoms with Crippen LogP contribution in [-0.4, -0.2) is 31.5 Å². The number of amides is 1. The zero-order valence-corrected chi connectivity index (χ0v) is 19.7. The van der Waals surface area contributed by atoms with Crippen molar-refractivity contribution in [1.82, 2.24) is 5.43 Å². The lowest BCUT2D eigenvalue weighted by atomic mass is 10.1. The van der Waals surface area contributed by atoms with Crippen molar-refractivity contribution in [3.63, 3.8) is 0 Å². The lowest BCUT2D eigenvalue weighted by Crippen LogP contribution is -2.39. The van der Waals surface area contributed by atoms with Gasteiger partial charge in [-0.25, -0.2) is 13.8 Å². The summed E-state index contributed by atoms with van der Waals surface area (Å²) < 4.78 is 27.8. The first-order chi connectivity index (χ1) is 16.1. The van der Waals surface area contributed by atoms with E-state index in [0.717, 1.165) is 15.4 Å². The molecule has 10 heteroatoms. The van der Waals surface area contributed by atoms with Crippen LogP contribution in [-0.2, 0) is 14.8 Å². The molecule has 3 rings (SSSR count). The maximum atomic E-state index is 13.4. The first-order valence-corrected chi connectivity index (χ1v) is 11.8. The van der Waals surface area contributed by atoms with Gasteiger partial charge in [-0.05, 0) is 73.9 Å². The molecule has 0 aliphatic heterocycles. The number of hydrazone groups is 1.